The number of hydrogen-bond acceptors (Lipinski definition) is 5. The highest BCUT2D eigenvalue weighted by Crippen LogP contribution is 2.19. The number of piperidine rings is 1. The maximum absolute atomic E-state index is 12.2. The third kappa shape index (κ3) is 5.04. The Morgan fingerprint density at radius 1 is 1.39 bits per heavy atom. The number of rotatable bonds is 6. The Bertz CT molecular complexity index is 521. The van der Waals surface area contributed by atoms with Crippen molar-refractivity contribution in [3.05, 3.63) is 35.9 Å². The van der Waals surface area contributed by atoms with E-state index >= 15 is 0 Å². The van der Waals surface area contributed by atoms with Crippen molar-refractivity contribution in [1.82, 2.24) is 10.6 Å². The van der Waals surface area contributed by atoms with Crippen LogP contribution < -0.4 is 16.4 Å². The maximum atomic E-state index is 12.2. The molecule has 0 radical (unpaired) electrons. The van der Waals surface area contributed by atoms with Gasteiger partial charge in [0.1, 0.15) is 0 Å². The summed E-state index contributed by atoms with van der Waals surface area (Å²) in [4.78, 5) is 24.0. The Hall–Kier alpha value is -1.92. The second kappa shape index (κ2) is 8.64. The summed E-state index contributed by atoms with van der Waals surface area (Å²) in [7, 11) is 1.39. The number of nitrogens with two attached hydrogens (primary N) is 1. The fraction of sp³-hybridized carbons (Fsp3) is 0.529. The number of esters is 1. The third-order valence-corrected chi connectivity index (χ3v) is 4.30. The Labute approximate surface area is 136 Å². The molecule has 126 valence electrons. The van der Waals surface area contributed by atoms with Crippen LogP contribution in [0.2, 0.25) is 0 Å². The van der Waals surface area contributed by atoms with Gasteiger partial charge in [-0.25, -0.2) is 0 Å². The second-order valence-corrected chi connectivity index (χ2v) is 5.92. The van der Waals surface area contributed by atoms with E-state index in [-0.39, 0.29) is 23.7 Å². The van der Waals surface area contributed by atoms with Gasteiger partial charge in [-0.2, -0.15) is 0 Å². The van der Waals surface area contributed by atoms with Crippen molar-refractivity contribution in [1.29, 1.82) is 0 Å². The zero-order chi connectivity index (χ0) is 16.7. The Morgan fingerprint density at radius 2 is 2.13 bits per heavy atom. The Balaban J connectivity index is 1.83. The van der Waals surface area contributed by atoms with E-state index in [1.165, 1.54) is 7.11 Å². The summed E-state index contributed by atoms with van der Waals surface area (Å²) in [6, 6.07) is 9.10. The summed E-state index contributed by atoms with van der Waals surface area (Å²) < 4.78 is 4.84. The highest BCUT2D eigenvalue weighted by atomic mass is 16.5. The van der Waals surface area contributed by atoms with Gasteiger partial charge in [0.15, 0.2) is 0 Å². The van der Waals surface area contributed by atoms with Crippen LogP contribution in [0.25, 0.3) is 0 Å². The average molecular weight is 319 g/mol. The second-order valence-electron chi connectivity index (χ2n) is 5.92. The number of carbonyl (C=O) groups is 2. The van der Waals surface area contributed by atoms with Gasteiger partial charge in [0, 0.05) is 13.1 Å². The normalized spacial score (nSPS) is 22.2. The Kier molecular flexibility index (Phi) is 6.55. The number of amides is 1. The van der Waals surface area contributed by atoms with Gasteiger partial charge in [-0.3, -0.25) is 9.59 Å². The SMILES string of the molecule is COC(=O)C1CNCCC1CNC(=O)[C@@H](N)Cc1ccccc1. The summed E-state index contributed by atoms with van der Waals surface area (Å²) in [5.41, 5.74) is 7.00. The van der Waals surface area contributed by atoms with Crippen LogP contribution >= 0.6 is 0 Å². The summed E-state index contributed by atoms with van der Waals surface area (Å²) in [5.74, 6) is -0.558. The first-order valence-corrected chi connectivity index (χ1v) is 7.97. The van der Waals surface area contributed by atoms with E-state index in [1.807, 2.05) is 30.3 Å². The van der Waals surface area contributed by atoms with Gasteiger partial charge in [0.25, 0.3) is 0 Å². The first-order valence-electron chi connectivity index (χ1n) is 7.97. The van der Waals surface area contributed by atoms with Crippen LogP contribution in [0.1, 0.15) is 12.0 Å². The fourth-order valence-corrected chi connectivity index (χ4v) is 2.91. The van der Waals surface area contributed by atoms with E-state index in [1.54, 1.807) is 0 Å². The average Bonchev–Trinajstić information content (AvgIpc) is 2.60. The highest BCUT2D eigenvalue weighted by molar-refractivity contribution is 5.82. The van der Waals surface area contributed by atoms with Gasteiger partial charge in [-0.1, -0.05) is 30.3 Å². The van der Waals surface area contributed by atoms with Crippen LogP contribution in [0.5, 0.6) is 0 Å². The molecule has 0 bridgehead atoms. The van der Waals surface area contributed by atoms with Crippen molar-refractivity contribution in [2.45, 2.75) is 18.9 Å². The number of ether oxygens (including phenoxy) is 1. The molecular weight excluding hydrogens is 294 g/mol. The Morgan fingerprint density at radius 3 is 2.83 bits per heavy atom. The molecule has 1 aromatic rings. The van der Waals surface area contributed by atoms with Crippen LogP contribution in [0.15, 0.2) is 30.3 Å². The molecule has 6 nitrogen and oxygen atoms in total. The number of carbonyl (C=O) groups excluding carboxylic acids is 2. The van der Waals surface area contributed by atoms with Gasteiger partial charge in [0.2, 0.25) is 5.91 Å². The molecule has 0 aromatic heterocycles. The largest absolute Gasteiger partial charge is 0.469 e. The molecule has 0 aliphatic carbocycles. The summed E-state index contributed by atoms with van der Waals surface area (Å²) in [6.45, 7) is 1.87. The van der Waals surface area contributed by atoms with E-state index in [0.717, 1.165) is 18.5 Å². The molecule has 3 atom stereocenters. The molecule has 0 spiro atoms. The quantitative estimate of drug-likeness (QED) is 0.645. The minimum atomic E-state index is -0.587. The van der Waals surface area contributed by atoms with E-state index < -0.39 is 6.04 Å². The van der Waals surface area contributed by atoms with Crippen molar-refractivity contribution < 1.29 is 14.3 Å². The molecule has 1 fully saturated rings. The van der Waals surface area contributed by atoms with E-state index in [4.69, 9.17) is 10.5 Å². The minimum absolute atomic E-state index is 0.0802. The summed E-state index contributed by atoms with van der Waals surface area (Å²) in [5, 5.41) is 6.07. The lowest BCUT2D eigenvalue weighted by Crippen LogP contribution is -2.49. The minimum Gasteiger partial charge on any atom is -0.469 e. The molecular formula is C17H25N3O3. The summed E-state index contributed by atoms with van der Waals surface area (Å²) >= 11 is 0. The zero-order valence-electron chi connectivity index (χ0n) is 13.5. The van der Waals surface area contributed by atoms with Crippen molar-refractivity contribution in [3.8, 4) is 0 Å². The van der Waals surface area contributed by atoms with E-state index in [2.05, 4.69) is 10.6 Å². The molecule has 2 rings (SSSR count). The monoisotopic (exact) mass is 319 g/mol. The number of hydrogen-bond donors (Lipinski definition) is 3. The molecule has 23 heavy (non-hydrogen) atoms. The van der Waals surface area contributed by atoms with E-state index in [0.29, 0.717) is 19.5 Å². The topological polar surface area (TPSA) is 93.5 Å². The molecule has 6 heteroatoms. The van der Waals surface area contributed by atoms with Gasteiger partial charge in [0.05, 0.1) is 19.1 Å². The van der Waals surface area contributed by atoms with Crippen LogP contribution in [-0.4, -0.2) is 44.7 Å². The lowest BCUT2D eigenvalue weighted by atomic mass is 9.86. The number of nitrogens with one attached hydrogen (secondary N) is 2. The predicted molar refractivity (Wildman–Crippen MR) is 87.6 cm³/mol. The molecule has 1 amide bonds. The third-order valence-electron chi connectivity index (χ3n) is 4.30. The molecule has 0 saturated carbocycles. The standard InChI is InChI=1S/C17H25N3O3/c1-23-17(22)14-11-19-8-7-13(14)10-20-16(21)15(18)9-12-5-3-2-4-6-12/h2-6,13-15,19H,7-11,18H2,1H3,(H,20,21)/t13?,14?,15-/m0/s1. The van der Waals surface area contributed by atoms with Crippen molar-refractivity contribution >= 4 is 11.9 Å². The number of methoxy groups -OCH3 is 1. The molecule has 2 unspecified atom stereocenters. The van der Waals surface area contributed by atoms with Crippen LogP contribution in [0, 0.1) is 11.8 Å². The molecule has 1 heterocycles. The lowest BCUT2D eigenvalue weighted by Gasteiger charge is -2.30. The number of benzene rings is 1. The highest BCUT2D eigenvalue weighted by Gasteiger charge is 2.32. The zero-order valence-corrected chi connectivity index (χ0v) is 13.5. The van der Waals surface area contributed by atoms with Crippen LogP contribution in [0.4, 0.5) is 0 Å². The van der Waals surface area contributed by atoms with Crippen molar-refractivity contribution in [2.75, 3.05) is 26.7 Å². The van der Waals surface area contributed by atoms with Gasteiger partial charge >= 0.3 is 5.97 Å². The van der Waals surface area contributed by atoms with E-state index in [9.17, 15) is 9.59 Å². The van der Waals surface area contributed by atoms with Gasteiger partial charge in [-0.05, 0) is 30.9 Å². The molecule has 4 N–H and O–H groups in total. The smallest absolute Gasteiger partial charge is 0.310 e. The van der Waals surface area contributed by atoms with Gasteiger partial charge in [-0.15, -0.1) is 0 Å². The molecule has 1 saturated heterocycles. The van der Waals surface area contributed by atoms with Crippen LogP contribution in [-0.2, 0) is 20.7 Å². The predicted octanol–water partition coefficient (Wildman–Crippen LogP) is 0.0713. The lowest BCUT2D eigenvalue weighted by molar-refractivity contribution is -0.148. The van der Waals surface area contributed by atoms with Crippen molar-refractivity contribution in [3.63, 3.8) is 0 Å². The van der Waals surface area contributed by atoms with Gasteiger partial charge < -0.3 is 21.1 Å². The van der Waals surface area contributed by atoms with Crippen LogP contribution in [0.3, 0.4) is 0 Å². The van der Waals surface area contributed by atoms with Crippen molar-refractivity contribution in [2.24, 2.45) is 17.6 Å². The molecule has 1 aliphatic heterocycles. The fourth-order valence-electron chi connectivity index (χ4n) is 2.91. The first kappa shape index (κ1) is 17.4. The summed E-state index contributed by atoms with van der Waals surface area (Å²) in [6.07, 6.45) is 1.33. The molecule has 1 aliphatic rings. The first-order chi connectivity index (χ1) is 11.1. The maximum Gasteiger partial charge on any atom is 0.310 e. The molecule has 1 aromatic carbocycles.